The standard InChI is InChI=1S/C14H22ClN3O/c1-10(2)19-14-9-16-8-13(18-14)17-7-11-4-3-5-12(15)6-11/h8-12H,3-7H2,1-2H3,(H,17,18). The summed E-state index contributed by atoms with van der Waals surface area (Å²) in [6.45, 7) is 4.86. The molecule has 0 bridgehead atoms. The Morgan fingerprint density at radius 3 is 3.00 bits per heavy atom. The van der Waals surface area contributed by atoms with E-state index >= 15 is 0 Å². The normalized spacial score (nSPS) is 23.4. The lowest BCUT2D eigenvalue weighted by atomic mass is 9.89. The second kappa shape index (κ2) is 6.94. The third-order valence-corrected chi connectivity index (χ3v) is 3.66. The van der Waals surface area contributed by atoms with Crippen LogP contribution in [0.3, 0.4) is 0 Å². The van der Waals surface area contributed by atoms with E-state index in [1.807, 2.05) is 13.8 Å². The molecule has 4 nitrogen and oxygen atoms in total. The summed E-state index contributed by atoms with van der Waals surface area (Å²) in [6, 6.07) is 0. The first-order valence-electron chi connectivity index (χ1n) is 7.00. The molecule has 1 aliphatic rings. The number of hydrogen-bond acceptors (Lipinski definition) is 4. The second-order valence-corrected chi connectivity index (χ2v) is 6.04. The topological polar surface area (TPSA) is 47.0 Å². The van der Waals surface area contributed by atoms with E-state index in [2.05, 4.69) is 15.3 Å². The Hall–Kier alpha value is -1.03. The number of hydrogen-bond donors (Lipinski definition) is 1. The molecule has 1 aromatic rings. The van der Waals surface area contributed by atoms with Gasteiger partial charge in [-0.15, -0.1) is 11.6 Å². The van der Waals surface area contributed by atoms with E-state index in [0.29, 0.717) is 17.2 Å². The van der Waals surface area contributed by atoms with E-state index in [0.717, 1.165) is 25.2 Å². The molecule has 2 rings (SSSR count). The lowest BCUT2D eigenvalue weighted by Crippen LogP contribution is -2.22. The molecule has 1 aromatic heterocycles. The van der Waals surface area contributed by atoms with Crippen LogP contribution in [0, 0.1) is 5.92 Å². The number of ether oxygens (including phenoxy) is 1. The van der Waals surface area contributed by atoms with Gasteiger partial charge in [0.05, 0.1) is 18.5 Å². The fourth-order valence-electron chi connectivity index (χ4n) is 2.39. The van der Waals surface area contributed by atoms with Crippen molar-refractivity contribution in [2.24, 2.45) is 5.92 Å². The molecule has 1 aliphatic carbocycles. The first-order valence-corrected chi connectivity index (χ1v) is 7.43. The zero-order valence-electron chi connectivity index (χ0n) is 11.6. The van der Waals surface area contributed by atoms with Gasteiger partial charge in [-0.05, 0) is 39.0 Å². The smallest absolute Gasteiger partial charge is 0.234 e. The molecule has 0 aliphatic heterocycles. The average molecular weight is 284 g/mol. The number of alkyl halides is 1. The monoisotopic (exact) mass is 283 g/mol. The summed E-state index contributed by atoms with van der Waals surface area (Å²) in [4.78, 5) is 8.53. The Bertz CT molecular complexity index is 400. The molecular weight excluding hydrogens is 262 g/mol. The number of nitrogens with zero attached hydrogens (tertiary/aromatic N) is 2. The minimum absolute atomic E-state index is 0.111. The maximum Gasteiger partial charge on any atom is 0.234 e. The third kappa shape index (κ3) is 4.86. The van der Waals surface area contributed by atoms with Crippen LogP contribution in [0.25, 0.3) is 0 Å². The molecule has 0 aromatic carbocycles. The molecule has 0 radical (unpaired) electrons. The summed E-state index contributed by atoms with van der Waals surface area (Å²) in [5.41, 5.74) is 0. The van der Waals surface area contributed by atoms with E-state index < -0.39 is 0 Å². The van der Waals surface area contributed by atoms with E-state index in [9.17, 15) is 0 Å². The van der Waals surface area contributed by atoms with Gasteiger partial charge in [0.1, 0.15) is 5.82 Å². The maximum atomic E-state index is 6.20. The van der Waals surface area contributed by atoms with Gasteiger partial charge in [-0.1, -0.05) is 6.42 Å². The zero-order chi connectivity index (χ0) is 13.7. The lowest BCUT2D eigenvalue weighted by Gasteiger charge is -2.25. The van der Waals surface area contributed by atoms with Crippen LogP contribution in [0.4, 0.5) is 5.82 Å². The number of aromatic nitrogens is 2. The van der Waals surface area contributed by atoms with Crippen molar-refractivity contribution in [2.75, 3.05) is 11.9 Å². The first kappa shape index (κ1) is 14.4. The molecule has 19 heavy (non-hydrogen) atoms. The molecule has 1 N–H and O–H groups in total. The van der Waals surface area contributed by atoms with Crippen LogP contribution < -0.4 is 10.1 Å². The summed E-state index contributed by atoms with van der Waals surface area (Å²) < 4.78 is 5.53. The molecular formula is C14H22ClN3O. The largest absolute Gasteiger partial charge is 0.474 e. The van der Waals surface area contributed by atoms with Gasteiger partial charge in [-0.25, -0.2) is 0 Å². The van der Waals surface area contributed by atoms with Crippen LogP contribution in [0.1, 0.15) is 39.5 Å². The average Bonchev–Trinajstić information content (AvgIpc) is 2.36. The fraction of sp³-hybridized carbons (Fsp3) is 0.714. The van der Waals surface area contributed by atoms with Crippen molar-refractivity contribution in [1.82, 2.24) is 9.97 Å². The van der Waals surface area contributed by atoms with E-state index in [-0.39, 0.29) is 6.10 Å². The minimum Gasteiger partial charge on any atom is -0.474 e. The van der Waals surface area contributed by atoms with Crippen molar-refractivity contribution in [1.29, 1.82) is 0 Å². The predicted octanol–water partition coefficient (Wildman–Crippen LogP) is 3.47. The molecule has 5 heteroatoms. The van der Waals surface area contributed by atoms with Crippen LogP contribution in [-0.2, 0) is 0 Å². The van der Waals surface area contributed by atoms with Crippen LogP contribution in [-0.4, -0.2) is 28.0 Å². The SMILES string of the molecule is CC(C)Oc1cncc(NCC2CCCC(Cl)C2)n1. The Labute approximate surface area is 119 Å². The molecule has 106 valence electrons. The Morgan fingerprint density at radius 2 is 2.26 bits per heavy atom. The van der Waals surface area contributed by atoms with Crippen LogP contribution in [0.15, 0.2) is 12.4 Å². The quantitative estimate of drug-likeness (QED) is 0.841. The Balaban J connectivity index is 1.85. The van der Waals surface area contributed by atoms with Gasteiger partial charge >= 0.3 is 0 Å². The van der Waals surface area contributed by atoms with Gasteiger partial charge in [0.25, 0.3) is 0 Å². The number of rotatable bonds is 5. The molecule has 0 saturated heterocycles. The fourth-order valence-corrected chi connectivity index (χ4v) is 2.80. The van der Waals surface area contributed by atoms with E-state index in [4.69, 9.17) is 16.3 Å². The Kier molecular flexibility index (Phi) is 5.25. The van der Waals surface area contributed by atoms with Crippen molar-refractivity contribution >= 4 is 17.4 Å². The highest BCUT2D eigenvalue weighted by atomic mass is 35.5. The van der Waals surface area contributed by atoms with Gasteiger partial charge in [0, 0.05) is 11.9 Å². The predicted molar refractivity (Wildman–Crippen MR) is 77.9 cm³/mol. The van der Waals surface area contributed by atoms with Crippen molar-refractivity contribution < 1.29 is 4.74 Å². The van der Waals surface area contributed by atoms with Gasteiger partial charge in [0.2, 0.25) is 5.88 Å². The summed E-state index contributed by atoms with van der Waals surface area (Å²) in [5.74, 6) is 1.97. The van der Waals surface area contributed by atoms with Crippen molar-refractivity contribution in [2.45, 2.75) is 51.0 Å². The number of anilines is 1. The minimum atomic E-state index is 0.111. The molecule has 2 unspecified atom stereocenters. The molecule has 0 spiro atoms. The van der Waals surface area contributed by atoms with Gasteiger partial charge < -0.3 is 10.1 Å². The van der Waals surface area contributed by atoms with Crippen molar-refractivity contribution in [3.05, 3.63) is 12.4 Å². The summed E-state index contributed by atoms with van der Waals surface area (Å²) in [5, 5.41) is 3.67. The van der Waals surface area contributed by atoms with E-state index in [1.54, 1.807) is 12.4 Å². The van der Waals surface area contributed by atoms with Gasteiger partial charge in [-0.3, -0.25) is 4.98 Å². The lowest BCUT2D eigenvalue weighted by molar-refractivity contribution is 0.232. The van der Waals surface area contributed by atoms with Crippen LogP contribution in [0.2, 0.25) is 0 Å². The molecule has 1 heterocycles. The van der Waals surface area contributed by atoms with Gasteiger partial charge in [0.15, 0.2) is 0 Å². The highest BCUT2D eigenvalue weighted by molar-refractivity contribution is 6.20. The summed E-state index contributed by atoms with van der Waals surface area (Å²) in [6.07, 6.45) is 8.18. The Morgan fingerprint density at radius 1 is 1.42 bits per heavy atom. The number of nitrogens with one attached hydrogen (secondary N) is 1. The second-order valence-electron chi connectivity index (χ2n) is 5.42. The molecule has 2 atom stereocenters. The summed E-state index contributed by atoms with van der Waals surface area (Å²) >= 11 is 6.20. The van der Waals surface area contributed by atoms with Gasteiger partial charge in [-0.2, -0.15) is 4.98 Å². The van der Waals surface area contributed by atoms with Crippen molar-refractivity contribution in [3.8, 4) is 5.88 Å². The van der Waals surface area contributed by atoms with Crippen LogP contribution in [0.5, 0.6) is 5.88 Å². The zero-order valence-corrected chi connectivity index (χ0v) is 12.4. The summed E-state index contributed by atoms with van der Waals surface area (Å²) in [7, 11) is 0. The van der Waals surface area contributed by atoms with Crippen LogP contribution >= 0.6 is 11.6 Å². The maximum absolute atomic E-state index is 6.20. The molecule has 1 fully saturated rings. The highest BCUT2D eigenvalue weighted by Gasteiger charge is 2.20. The third-order valence-electron chi connectivity index (χ3n) is 3.26. The molecule has 1 saturated carbocycles. The first-order chi connectivity index (χ1) is 9.13. The molecule has 0 amide bonds. The highest BCUT2D eigenvalue weighted by Crippen LogP contribution is 2.27. The van der Waals surface area contributed by atoms with Crippen molar-refractivity contribution in [3.63, 3.8) is 0 Å². The number of halogens is 1. The van der Waals surface area contributed by atoms with E-state index in [1.165, 1.54) is 12.8 Å².